The van der Waals surface area contributed by atoms with Gasteiger partial charge in [-0.3, -0.25) is 4.79 Å². The molecular weight excluding hydrogens is 564 g/mol. The van der Waals surface area contributed by atoms with Crippen LogP contribution in [0.25, 0.3) is 22.3 Å². The number of hydrogen-bond donors (Lipinski definition) is 9. The molecule has 0 aliphatic carbocycles. The summed E-state index contributed by atoms with van der Waals surface area (Å²) in [4.78, 5) is 13.6. The zero-order valence-electron chi connectivity index (χ0n) is 21.9. The first kappa shape index (κ1) is 30.0. The molecule has 0 saturated carbocycles. The molecule has 3 heterocycles. The van der Waals surface area contributed by atoms with Crippen molar-refractivity contribution in [3.05, 3.63) is 46.6 Å². The summed E-state index contributed by atoms with van der Waals surface area (Å²) in [5, 5.41) is 91.7. The number of phenolic OH excluding ortho intramolecular Hbond substituents is 3. The van der Waals surface area contributed by atoms with Crippen molar-refractivity contribution in [2.75, 3.05) is 6.61 Å². The van der Waals surface area contributed by atoms with Gasteiger partial charge in [-0.25, -0.2) is 0 Å². The first-order chi connectivity index (χ1) is 19.9. The van der Waals surface area contributed by atoms with E-state index in [4.69, 9.17) is 23.4 Å². The fourth-order valence-electron chi connectivity index (χ4n) is 4.82. The molecule has 5 rings (SSSR count). The third-order valence-corrected chi connectivity index (χ3v) is 7.16. The minimum absolute atomic E-state index is 0.121. The van der Waals surface area contributed by atoms with Crippen molar-refractivity contribution in [2.24, 2.45) is 0 Å². The molecule has 10 unspecified atom stereocenters. The van der Waals surface area contributed by atoms with Crippen LogP contribution in [0.4, 0.5) is 0 Å². The monoisotopic (exact) mass is 594 g/mol. The molecule has 1 aromatic heterocycles. The van der Waals surface area contributed by atoms with Crippen molar-refractivity contribution in [1.82, 2.24) is 0 Å². The van der Waals surface area contributed by atoms with E-state index in [0.717, 1.165) is 12.1 Å². The van der Waals surface area contributed by atoms with E-state index >= 15 is 0 Å². The van der Waals surface area contributed by atoms with E-state index in [9.17, 15) is 50.8 Å². The Hall–Kier alpha value is -3.51. The van der Waals surface area contributed by atoms with Crippen molar-refractivity contribution in [3.8, 4) is 34.3 Å². The Labute approximate surface area is 236 Å². The van der Waals surface area contributed by atoms with Gasteiger partial charge in [0.05, 0.1) is 12.7 Å². The summed E-state index contributed by atoms with van der Waals surface area (Å²) < 4.78 is 27.9. The zero-order valence-corrected chi connectivity index (χ0v) is 21.9. The van der Waals surface area contributed by atoms with Gasteiger partial charge < -0.3 is 69.3 Å². The molecule has 0 spiro atoms. The van der Waals surface area contributed by atoms with Gasteiger partial charge in [0.2, 0.25) is 17.5 Å². The molecule has 2 saturated heterocycles. The maximum atomic E-state index is 13.6. The van der Waals surface area contributed by atoms with Crippen molar-refractivity contribution in [2.45, 2.75) is 68.3 Å². The second-order valence-electron chi connectivity index (χ2n) is 10.1. The maximum Gasteiger partial charge on any atom is 0.239 e. The van der Waals surface area contributed by atoms with Gasteiger partial charge in [0.25, 0.3) is 0 Å². The molecule has 0 bridgehead atoms. The van der Waals surface area contributed by atoms with Crippen LogP contribution in [0, 0.1) is 0 Å². The molecule has 3 aromatic rings. The Morgan fingerprint density at radius 3 is 2.19 bits per heavy atom. The topological polar surface area (TPSA) is 249 Å². The van der Waals surface area contributed by atoms with E-state index in [1.165, 1.54) is 31.2 Å². The van der Waals surface area contributed by atoms with Crippen LogP contribution in [0.3, 0.4) is 0 Å². The Morgan fingerprint density at radius 2 is 1.48 bits per heavy atom. The highest BCUT2D eigenvalue weighted by Gasteiger charge is 2.47. The fourth-order valence-corrected chi connectivity index (χ4v) is 4.82. The van der Waals surface area contributed by atoms with Gasteiger partial charge in [-0.15, -0.1) is 0 Å². The SMILES string of the molecule is CC1OC(OCC2OC(Oc3c(-c4cccc(O)c4)oc4cc(O)cc(O)c4c3=O)C(O)C(O)C2O)C(O)C(O)C1O. The third kappa shape index (κ3) is 5.49. The first-order valence-electron chi connectivity index (χ1n) is 12.9. The van der Waals surface area contributed by atoms with E-state index in [-0.39, 0.29) is 22.7 Å². The number of benzene rings is 2. The zero-order chi connectivity index (χ0) is 30.5. The van der Waals surface area contributed by atoms with Gasteiger partial charge >= 0.3 is 0 Å². The van der Waals surface area contributed by atoms with Gasteiger partial charge in [-0.2, -0.15) is 0 Å². The predicted octanol–water partition coefficient (Wildman–Crippen LogP) is -1.39. The summed E-state index contributed by atoms with van der Waals surface area (Å²) in [5.74, 6) is -2.17. The van der Waals surface area contributed by atoms with Crippen LogP contribution >= 0.6 is 0 Å². The van der Waals surface area contributed by atoms with E-state index in [1.54, 1.807) is 0 Å². The van der Waals surface area contributed by atoms with Crippen LogP contribution in [0.2, 0.25) is 0 Å². The van der Waals surface area contributed by atoms with Gasteiger partial charge in [0, 0.05) is 17.7 Å². The number of aliphatic hydroxyl groups is 6. The lowest BCUT2D eigenvalue weighted by atomic mass is 9.98. The van der Waals surface area contributed by atoms with Gasteiger partial charge in [0.1, 0.15) is 70.9 Å². The summed E-state index contributed by atoms with van der Waals surface area (Å²) in [6.07, 6.45) is -15.9. The smallest absolute Gasteiger partial charge is 0.239 e. The highest BCUT2D eigenvalue weighted by Crippen LogP contribution is 2.38. The largest absolute Gasteiger partial charge is 0.508 e. The molecule has 10 atom stereocenters. The van der Waals surface area contributed by atoms with Gasteiger partial charge in [-0.05, 0) is 19.1 Å². The molecule has 2 aliphatic heterocycles. The van der Waals surface area contributed by atoms with Crippen LogP contribution in [0.1, 0.15) is 6.92 Å². The first-order valence-corrected chi connectivity index (χ1v) is 12.9. The third-order valence-electron chi connectivity index (χ3n) is 7.16. The number of hydrogen-bond acceptors (Lipinski definition) is 15. The molecular formula is C27H30O15. The molecule has 42 heavy (non-hydrogen) atoms. The standard InChI is InChI=1S/C27H30O15/c1-9-17(31)20(34)22(36)26(39-9)38-8-15-18(32)21(35)23(37)27(41-15)42-25-19(33)16-13(30)6-12(29)7-14(16)40-24(25)10-3-2-4-11(28)5-10/h2-7,9,15,17-18,20-23,26-32,34-37H,8H2,1H3. The highest BCUT2D eigenvalue weighted by molar-refractivity contribution is 5.88. The quantitative estimate of drug-likeness (QED) is 0.159. The number of aliphatic hydroxyl groups excluding tert-OH is 6. The second-order valence-corrected chi connectivity index (χ2v) is 10.1. The summed E-state index contributed by atoms with van der Waals surface area (Å²) in [5.41, 5.74) is -1.07. The summed E-state index contributed by atoms with van der Waals surface area (Å²) in [6.45, 7) is 0.859. The average molecular weight is 595 g/mol. The van der Waals surface area contributed by atoms with Crippen molar-refractivity contribution in [1.29, 1.82) is 0 Å². The molecule has 0 radical (unpaired) electrons. The minimum Gasteiger partial charge on any atom is -0.508 e. The molecule has 2 aromatic carbocycles. The Kier molecular flexibility index (Phi) is 8.30. The average Bonchev–Trinajstić information content (AvgIpc) is 2.94. The molecule has 0 amide bonds. The van der Waals surface area contributed by atoms with E-state index in [0.29, 0.717) is 0 Å². The van der Waals surface area contributed by atoms with E-state index in [2.05, 4.69) is 0 Å². The van der Waals surface area contributed by atoms with Crippen LogP contribution in [-0.4, -0.2) is 114 Å². The number of fused-ring (bicyclic) bond motifs is 1. The van der Waals surface area contributed by atoms with Gasteiger partial charge in [0.15, 0.2) is 12.1 Å². The molecule has 2 aliphatic rings. The Balaban J connectivity index is 1.47. The van der Waals surface area contributed by atoms with Crippen LogP contribution in [0.5, 0.6) is 23.0 Å². The normalized spacial score (nSPS) is 33.5. The molecule has 2 fully saturated rings. The van der Waals surface area contributed by atoms with E-state index in [1.807, 2.05) is 0 Å². The lowest BCUT2D eigenvalue weighted by Crippen LogP contribution is -2.61. The summed E-state index contributed by atoms with van der Waals surface area (Å²) in [6, 6.07) is 7.45. The van der Waals surface area contributed by atoms with Crippen LogP contribution < -0.4 is 10.2 Å². The molecule has 9 N–H and O–H groups in total. The van der Waals surface area contributed by atoms with Crippen molar-refractivity contribution < 1.29 is 69.3 Å². The van der Waals surface area contributed by atoms with Crippen LogP contribution in [-0.2, 0) is 14.2 Å². The predicted molar refractivity (Wildman–Crippen MR) is 139 cm³/mol. The van der Waals surface area contributed by atoms with Crippen LogP contribution in [0.15, 0.2) is 45.6 Å². The Bertz CT molecular complexity index is 1490. The van der Waals surface area contributed by atoms with Crippen molar-refractivity contribution in [3.63, 3.8) is 0 Å². The summed E-state index contributed by atoms with van der Waals surface area (Å²) >= 11 is 0. The lowest BCUT2D eigenvalue weighted by Gasteiger charge is -2.42. The number of rotatable bonds is 6. The lowest BCUT2D eigenvalue weighted by molar-refractivity contribution is -0.318. The van der Waals surface area contributed by atoms with Crippen molar-refractivity contribution >= 4 is 11.0 Å². The molecule has 228 valence electrons. The highest BCUT2D eigenvalue weighted by atomic mass is 16.7. The van der Waals surface area contributed by atoms with E-state index < -0.39 is 96.1 Å². The second kappa shape index (κ2) is 11.6. The molecule has 15 heteroatoms. The summed E-state index contributed by atoms with van der Waals surface area (Å²) in [7, 11) is 0. The fraction of sp³-hybridized carbons (Fsp3) is 0.444. The maximum absolute atomic E-state index is 13.6. The number of ether oxygens (including phenoxy) is 4. The Morgan fingerprint density at radius 1 is 0.786 bits per heavy atom. The minimum atomic E-state index is -1.93. The number of phenols is 3. The number of aromatic hydroxyl groups is 3. The molecule has 15 nitrogen and oxygen atoms in total. The van der Waals surface area contributed by atoms with Gasteiger partial charge in [-0.1, -0.05) is 12.1 Å².